The average Bonchev–Trinajstić information content (AvgIpc) is 3.22. The number of nitrogens with zero attached hydrogens (tertiary/aromatic N) is 2. The maximum atomic E-state index is 2.52. The third-order valence-electron chi connectivity index (χ3n) is 18.3. The summed E-state index contributed by atoms with van der Waals surface area (Å²) in [7, 11) is 0. The summed E-state index contributed by atoms with van der Waals surface area (Å²) in [4.78, 5) is 5.01. The standard InChI is InChI=1S/C80H52N2/c1-5-23-54(24-6-1)61-31-16-21-39-75(61)81(60-46-48-66-65-34-15-19-37-71(65)80(74(66)52-60)69-35-17-13-32-63(69)64-33-14-18-36-70(64)80)59-44-41-53(42-45-59)56-43-47-67-68-50-49-62(55-25-7-2-8-26-55)78-77(68)79(73(67)51-56,57-27-9-3-10-28-57)72-38-20-22-40-76(72)82(78)58-29-11-4-12-30-58/h1-52H. The van der Waals surface area contributed by atoms with E-state index < -0.39 is 10.8 Å². The molecule has 1 heterocycles. The quantitative estimate of drug-likeness (QED) is 0.150. The van der Waals surface area contributed by atoms with Gasteiger partial charge in [0.1, 0.15) is 0 Å². The number of fused-ring (bicyclic) bond motifs is 15. The van der Waals surface area contributed by atoms with Crippen molar-refractivity contribution in [1.29, 1.82) is 0 Å². The van der Waals surface area contributed by atoms with Crippen molar-refractivity contribution in [2.75, 3.05) is 9.80 Å². The van der Waals surface area contributed by atoms with Crippen LogP contribution < -0.4 is 9.80 Å². The summed E-state index contributed by atoms with van der Waals surface area (Å²) in [5.41, 5.74) is 31.0. The topological polar surface area (TPSA) is 6.48 Å². The molecule has 2 nitrogen and oxygen atoms in total. The highest BCUT2D eigenvalue weighted by atomic mass is 15.2. The Kier molecular flexibility index (Phi) is 10.2. The Morgan fingerprint density at radius 3 is 1.34 bits per heavy atom. The summed E-state index contributed by atoms with van der Waals surface area (Å²) in [6, 6.07) is 118. The summed E-state index contributed by atoms with van der Waals surface area (Å²) >= 11 is 0. The highest BCUT2D eigenvalue weighted by molar-refractivity contribution is 6.05. The lowest BCUT2D eigenvalue weighted by Gasteiger charge is -2.45. The first-order chi connectivity index (χ1) is 40.7. The van der Waals surface area contributed by atoms with Crippen molar-refractivity contribution < 1.29 is 0 Å². The lowest BCUT2D eigenvalue weighted by Crippen LogP contribution is -2.36. The third kappa shape index (κ3) is 6.40. The van der Waals surface area contributed by atoms with Gasteiger partial charge in [-0.1, -0.05) is 261 Å². The number of hydrogen-bond donors (Lipinski definition) is 0. The molecule has 3 aliphatic carbocycles. The van der Waals surface area contributed by atoms with E-state index in [1.54, 1.807) is 0 Å². The van der Waals surface area contributed by atoms with Crippen LogP contribution in [0.3, 0.4) is 0 Å². The molecule has 1 spiro atoms. The van der Waals surface area contributed by atoms with Crippen molar-refractivity contribution in [2.24, 2.45) is 0 Å². The molecule has 0 saturated heterocycles. The Morgan fingerprint density at radius 2 is 0.695 bits per heavy atom. The molecule has 1 unspecified atom stereocenters. The summed E-state index contributed by atoms with van der Waals surface area (Å²) in [6.45, 7) is 0. The van der Waals surface area contributed by atoms with E-state index in [1.165, 1.54) is 117 Å². The van der Waals surface area contributed by atoms with Crippen molar-refractivity contribution in [2.45, 2.75) is 10.8 Å². The fourth-order valence-corrected chi connectivity index (χ4v) is 15.0. The van der Waals surface area contributed by atoms with Crippen LogP contribution in [0, 0.1) is 0 Å². The highest BCUT2D eigenvalue weighted by Gasteiger charge is 2.54. The van der Waals surface area contributed by atoms with Crippen LogP contribution in [0.25, 0.3) is 66.8 Å². The molecular weight excluding hydrogens is 989 g/mol. The van der Waals surface area contributed by atoms with Gasteiger partial charge in [-0.2, -0.15) is 0 Å². The molecule has 382 valence electrons. The van der Waals surface area contributed by atoms with Gasteiger partial charge in [-0.25, -0.2) is 0 Å². The Balaban J connectivity index is 0.858. The van der Waals surface area contributed by atoms with E-state index in [4.69, 9.17) is 0 Å². The first-order valence-corrected chi connectivity index (χ1v) is 28.6. The van der Waals surface area contributed by atoms with Crippen molar-refractivity contribution in [3.05, 3.63) is 360 Å². The van der Waals surface area contributed by atoms with Gasteiger partial charge >= 0.3 is 0 Å². The molecule has 0 fully saturated rings. The van der Waals surface area contributed by atoms with Crippen molar-refractivity contribution in [3.63, 3.8) is 0 Å². The fourth-order valence-electron chi connectivity index (χ4n) is 15.0. The molecule has 2 heteroatoms. The van der Waals surface area contributed by atoms with Crippen molar-refractivity contribution in [1.82, 2.24) is 0 Å². The number of rotatable bonds is 8. The van der Waals surface area contributed by atoms with Crippen LogP contribution in [0.1, 0.15) is 44.5 Å². The van der Waals surface area contributed by atoms with Gasteiger partial charge in [0.15, 0.2) is 0 Å². The monoisotopic (exact) mass is 1040 g/mol. The minimum atomic E-state index is -0.618. The Labute approximate surface area is 478 Å². The zero-order valence-corrected chi connectivity index (χ0v) is 44.9. The maximum Gasteiger partial charge on any atom is 0.0754 e. The van der Waals surface area contributed by atoms with Crippen LogP contribution in [0.2, 0.25) is 0 Å². The zero-order chi connectivity index (χ0) is 53.9. The number of benzene rings is 13. The highest BCUT2D eigenvalue weighted by Crippen LogP contribution is 2.67. The van der Waals surface area contributed by atoms with Gasteiger partial charge in [0.25, 0.3) is 0 Å². The van der Waals surface area contributed by atoms with E-state index in [2.05, 4.69) is 325 Å². The van der Waals surface area contributed by atoms with E-state index in [0.717, 1.165) is 28.3 Å². The predicted octanol–water partition coefficient (Wildman–Crippen LogP) is 20.6. The Morgan fingerprint density at radius 1 is 0.256 bits per heavy atom. The van der Waals surface area contributed by atoms with Gasteiger partial charge in [-0.15, -0.1) is 0 Å². The molecule has 1 atom stereocenters. The van der Waals surface area contributed by atoms with Gasteiger partial charge < -0.3 is 9.80 Å². The van der Waals surface area contributed by atoms with Gasteiger partial charge in [0.05, 0.1) is 27.9 Å². The lowest BCUT2D eigenvalue weighted by atomic mass is 9.64. The minimum absolute atomic E-state index is 0.476. The molecule has 4 aliphatic rings. The summed E-state index contributed by atoms with van der Waals surface area (Å²) in [5, 5.41) is 0. The second kappa shape index (κ2) is 18.0. The van der Waals surface area contributed by atoms with Gasteiger partial charge in [-0.05, 0) is 149 Å². The molecule has 82 heavy (non-hydrogen) atoms. The Hall–Kier alpha value is -10.5. The molecular formula is C80H52N2. The summed E-state index contributed by atoms with van der Waals surface area (Å²) < 4.78 is 0. The van der Waals surface area contributed by atoms with Crippen LogP contribution in [0.4, 0.5) is 34.1 Å². The largest absolute Gasteiger partial charge is 0.310 e. The lowest BCUT2D eigenvalue weighted by molar-refractivity contribution is 0.754. The average molecular weight is 1040 g/mol. The molecule has 17 rings (SSSR count). The molecule has 13 aromatic rings. The molecule has 0 radical (unpaired) electrons. The third-order valence-corrected chi connectivity index (χ3v) is 18.3. The maximum absolute atomic E-state index is 2.52. The fraction of sp³-hybridized carbons (Fsp3) is 0.0250. The van der Waals surface area contributed by atoms with E-state index in [0.29, 0.717) is 0 Å². The second-order valence-electron chi connectivity index (χ2n) is 22.2. The van der Waals surface area contributed by atoms with Gasteiger partial charge in [0, 0.05) is 33.8 Å². The molecule has 1 aliphatic heterocycles. The summed E-state index contributed by atoms with van der Waals surface area (Å²) in [6.07, 6.45) is 0. The molecule has 0 bridgehead atoms. The van der Waals surface area contributed by atoms with Crippen LogP contribution in [-0.2, 0) is 10.8 Å². The summed E-state index contributed by atoms with van der Waals surface area (Å²) in [5.74, 6) is 0. The molecule has 0 amide bonds. The molecule has 13 aromatic carbocycles. The second-order valence-corrected chi connectivity index (χ2v) is 22.2. The number of hydrogen-bond acceptors (Lipinski definition) is 2. The number of anilines is 6. The zero-order valence-electron chi connectivity index (χ0n) is 44.9. The van der Waals surface area contributed by atoms with Crippen molar-refractivity contribution >= 4 is 34.1 Å². The van der Waals surface area contributed by atoms with E-state index in [9.17, 15) is 0 Å². The van der Waals surface area contributed by atoms with E-state index in [-0.39, 0.29) is 0 Å². The Bertz CT molecular complexity index is 4620. The van der Waals surface area contributed by atoms with E-state index >= 15 is 0 Å². The van der Waals surface area contributed by atoms with Gasteiger partial charge in [-0.3, -0.25) is 0 Å². The van der Waals surface area contributed by atoms with Crippen LogP contribution in [0.15, 0.2) is 315 Å². The van der Waals surface area contributed by atoms with Crippen LogP contribution in [0.5, 0.6) is 0 Å². The number of para-hydroxylation sites is 3. The first kappa shape index (κ1) is 46.4. The van der Waals surface area contributed by atoms with E-state index in [1.807, 2.05) is 0 Å². The van der Waals surface area contributed by atoms with Crippen LogP contribution in [-0.4, -0.2) is 0 Å². The normalized spacial score (nSPS) is 15.0. The predicted molar refractivity (Wildman–Crippen MR) is 339 cm³/mol. The van der Waals surface area contributed by atoms with Gasteiger partial charge in [0.2, 0.25) is 0 Å². The SMILES string of the molecule is c1ccc(-c2ccccc2N(c2ccc(-c3ccc4c(c3)C3(c5ccccc5)c5ccccc5N(c5ccccc5)c5c(-c6ccccc6)ccc-4c53)cc2)c2ccc3c(c2)C2(c4ccccc4-c4ccccc42)c2ccccc2-3)cc1. The molecule has 0 saturated carbocycles. The smallest absolute Gasteiger partial charge is 0.0754 e. The molecule has 0 N–H and O–H groups in total. The van der Waals surface area contributed by atoms with Crippen molar-refractivity contribution in [3.8, 4) is 66.8 Å². The first-order valence-electron chi connectivity index (χ1n) is 28.6. The van der Waals surface area contributed by atoms with Crippen LogP contribution >= 0.6 is 0 Å². The molecule has 0 aromatic heterocycles. The minimum Gasteiger partial charge on any atom is -0.310 e.